The maximum Gasteiger partial charge on any atom is 0.0446 e. The van der Waals surface area contributed by atoms with Crippen LogP contribution in [0.5, 0.6) is 0 Å². The molecule has 0 spiro atoms. The summed E-state index contributed by atoms with van der Waals surface area (Å²) in [6.07, 6.45) is 5.90. The van der Waals surface area contributed by atoms with Gasteiger partial charge in [0.2, 0.25) is 0 Å². The van der Waals surface area contributed by atoms with E-state index in [1.807, 2.05) is 6.20 Å². The number of nitrogens with two attached hydrogens (primary N) is 1. The molecule has 2 fully saturated rings. The van der Waals surface area contributed by atoms with E-state index >= 15 is 0 Å². The molecule has 1 atom stereocenters. The van der Waals surface area contributed by atoms with Gasteiger partial charge in [-0.05, 0) is 38.8 Å². The van der Waals surface area contributed by atoms with E-state index in [2.05, 4.69) is 27.8 Å². The Balaban J connectivity index is 1.86. The minimum atomic E-state index is 0.577. The lowest BCUT2D eigenvalue weighted by Crippen LogP contribution is -2.37. The van der Waals surface area contributed by atoms with Crippen LogP contribution in [0.3, 0.4) is 0 Å². The number of aryl methyl sites for hydroxylation is 1. The smallest absolute Gasteiger partial charge is 0.0446 e. The number of pyridine rings is 1. The molecule has 1 unspecified atom stereocenters. The fourth-order valence-electron chi connectivity index (χ4n) is 3.45. The van der Waals surface area contributed by atoms with Gasteiger partial charge in [0.1, 0.15) is 0 Å². The summed E-state index contributed by atoms with van der Waals surface area (Å²) in [4.78, 5) is 9.58. The van der Waals surface area contributed by atoms with Crippen LogP contribution in [0.15, 0.2) is 12.3 Å². The molecular weight excluding hydrogens is 236 g/mol. The highest BCUT2D eigenvalue weighted by molar-refractivity contribution is 5.54. The molecule has 0 bridgehead atoms. The highest BCUT2D eigenvalue weighted by Gasteiger charge is 2.29. The third-order valence-corrected chi connectivity index (χ3v) is 4.46. The third kappa shape index (κ3) is 2.60. The van der Waals surface area contributed by atoms with Gasteiger partial charge in [-0.1, -0.05) is 0 Å². The van der Waals surface area contributed by atoms with Crippen molar-refractivity contribution in [1.82, 2.24) is 9.88 Å². The zero-order chi connectivity index (χ0) is 13.2. The van der Waals surface area contributed by atoms with Crippen molar-refractivity contribution in [2.24, 2.45) is 5.73 Å². The molecule has 1 aromatic heterocycles. The number of fused-ring (bicyclic) bond motifs is 1. The Morgan fingerprint density at radius 3 is 3.00 bits per heavy atom. The molecule has 0 aromatic carbocycles. The van der Waals surface area contributed by atoms with Gasteiger partial charge in [0, 0.05) is 55.4 Å². The molecule has 2 N–H and O–H groups in total. The average molecular weight is 260 g/mol. The van der Waals surface area contributed by atoms with Crippen LogP contribution in [-0.2, 0) is 6.54 Å². The predicted octanol–water partition coefficient (Wildman–Crippen LogP) is 1.52. The summed E-state index contributed by atoms with van der Waals surface area (Å²) in [7, 11) is 0. The van der Waals surface area contributed by atoms with Crippen LogP contribution in [0.1, 0.15) is 30.5 Å². The number of nitrogens with zero attached hydrogens (tertiary/aromatic N) is 3. The third-order valence-electron chi connectivity index (χ3n) is 4.46. The van der Waals surface area contributed by atoms with E-state index in [1.54, 1.807) is 0 Å². The standard InChI is InChI=1S/C15H24N4/c1-12-8-15(13(9-16)10-17-12)19-7-3-6-18-5-2-4-14(18)11-19/h8,10,14H,2-7,9,11,16H2,1H3. The Kier molecular flexibility index (Phi) is 3.71. The molecule has 104 valence electrons. The first kappa shape index (κ1) is 12.9. The minimum absolute atomic E-state index is 0.577. The number of hydrogen-bond donors (Lipinski definition) is 1. The van der Waals surface area contributed by atoms with Crippen LogP contribution in [0.4, 0.5) is 5.69 Å². The molecule has 4 nitrogen and oxygen atoms in total. The zero-order valence-electron chi connectivity index (χ0n) is 11.8. The van der Waals surface area contributed by atoms with Crippen LogP contribution >= 0.6 is 0 Å². The highest BCUT2D eigenvalue weighted by atomic mass is 15.3. The van der Waals surface area contributed by atoms with Crippen molar-refractivity contribution < 1.29 is 0 Å². The molecular formula is C15H24N4. The monoisotopic (exact) mass is 260 g/mol. The Morgan fingerprint density at radius 2 is 2.16 bits per heavy atom. The summed E-state index contributed by atoms with van der Waals surface area (Å²) >= 11 is 0. The Labute approximate surface area is 115 Å². The van der Waals surface area contributed by atoms with Crippen LogP contribution in [0, 0.1) is 6.92 Å². The second-order valence-electron chi connectivity index (χ2n) is 5.79. The van der Waals surface area contributed by atoms with Crippen LogP contribution < -0.4 is 10.6 Å². The number of hydrogen-bond acceptors (Lipinski definition) is 4. The molecule has 2 saturated heterocycles. The number of anilines is 1. The topological polar surface area (TPSA) is 45.4 Å². The number of rotatable bonds is 2. The summed E-state index contributed by atoms with van der Waals surface area (Å²) in [6, 6.07) is 2.94. The summed E-state index contributed by atoms with van der Waals surface area (Å²) in [5, 5.41) is 0. The van der Waals surface area contributed by atoms with Crippen molar-refractivity contribution in [1.29, 1.82) is 0 Å². The Bertz CT molecular complexity index is 446. The first-order valence-corrected chi connectivity index (χ1v) is 7.42. The molecule has 2 aliphatic rings. The van der Waals surface area contributed by atoms with Gasteiger partial charge < -0.3 is 10.6 Å². The molecule has 4 heteroatoms. The van der Waals surface area contributed by atoms with Crippen LogP contribution in [0.25, 0.3) is 0 Å². The second kappa shape index (κ2) is 5.47. The van der Waals surface area contributed by atoms with Gasteiger partial charge in [-0.15, -0.1) is 0 Å². The second-order valence-corrected chi connectivity index (χ2v) is 5.79. The van der Waals surface area contributed by atoms with Crippen molar-refractivity contribution in [2.45, 2.75) is 38.8 Å². The summed E-state index contributed by atoms with van der Waals surface area (Å²) in [5.74, 6) is 0. The molecule has 1 aromatic rings. The van der Waals surface area contributed by atoms with Gasteiger partial charge in [0.25, 0.3) is 0 Å². The van der Waals surface area contributed by atoms with E-state index < -0.39 is 0 Å². The van der Waals surface area contributed by atoms with E-state index in [4.69, 9.17) is 5.73 Å². The fourth-order valence-corrected chi connectivity index (χ4v) is 3.45. The fraction of sp³-hybridized carbons (Fsp3) is 0.667. The predicted molar refractivity (Wildman–Crippen MR) is 78.3 cm³/mol. The lowest BCUT2D eigenvalue weighted by atomic mass is 10.1. The van der Waals surface area contributed by atoms with E-state index in [9.17, 15) is 0 Å². The van der Waals surface area contributed by atoms with Gasteiger partial charge in [0.15, 0.2) is 0 Å². The normalized spacial score (nSPS) is 24.3. The molecule has 0 amide bonds. The Morgan fingerprint density at radius 1 is 1.32 bits per heavy atom. The molecule has 0 saturated carbocycles. The largest absolute Gasteiger partial charge is 0.370 e. The van der Waals surface area contributed by atoms with Gasteiger partial charge in [0.05, 0.1) is 0 Å². The van der Waals surface area contributed by atoms with Crippen molar-refractivity contribution in [3.8, 4) is 0 Å². The quantitative estimate of drug-likeness (QED) is 0.876. The van der Waals surface area contributed by atoms with Crippen molar-refractivity contribution in [3.63, 3.8) is 0 Å². The highest BCUT2D eigenvalue weighted by Crippen LogP contribution is 2.27. The molecule has 3 rings (SSSR count). The molecule has 0 radical (unpaired) electrons. The first-order valence-electron chi connectivity index (χ1n) is 7.42. The lowest BCUT2D eigenvalue weighted by molar-refractivity contribution is 0.273. The Hall–Kier alpha value is -1.13. The summed E-state index contributed by atoms with van der Waals surface area (Å²) < 4.78 is 0. The van der Waals surface area contributed by atoms with Crippen LogP contribution in [0.2, 0.25) is 0 Å². The van der Waals surface area contributed by atoms with E-state index in [-0.39, 0.29) is 0 Å². The summed E-state index contributed by atoms with van der Waals surface area (Å²) in [5.41, 5.74) is 9.45. The minimum Gasteiger partial charge on any atom is -0.370 e. The molecule has 2 aliphatic heterocycles. The van der Waals surface area contributed by atoms with E-state index in [0.717, 1.165) is 24.8 Å². The van der Waals surface area contributed by atoms with Crippen LogP contribution in [-0.4, -0.2) is 42.1 Å². The van der Waals surface area contributed by atoms with Gasteiger partial charge >= 0.3 is 0 Å². The van der Waals surface area contributed by atoms with Crippen molar-refractivity contribution in [3.05, 3.63) is 23.5 Å². The van der Waals surface area contributed by atoms with Crippen molar-refractivity contribution >= 4 is 5.69 Å². The number of aromatic nitrogens is 1. The van der Waals surface area contributed by atoms with Gasteiger partial charge in [-0.3, -0.25) is 9.88 Å². The molecule has 0 aliphatic carbocycles. The first-order chi connectivity index (χ1) is 9.28. The van der Waals surface area contributed by atoms with Crippen molar-refractivity contribution in [2.75, 3.05) is 31.1 Å². The maximum atomic E-state index is 5.88. The lowest BCUT2D eigenvalue weighted by Gasteiger charge is -2.29. The molecule has 19 heavy (non-hydrogen) atoms. The molecule has 3 heterocycles. The maximum absolute atomic E-state index is 5.88. The summed E-state index contributed by atoms with van der Waals surface area (Å²) in [6.45, 7) is 7.47. The SMILES string of the molecule is Cc1cc(N2CCCN3CCCC3C2)c(CN)cn1. The zero-order valence-corrected chi connectivity index (χ0v) is 11.8. The van der Waals surface area contributed by atoms with E-state index in [1.165, 1.54) is 43.6 Å². The van der Waals surface area contributed by atoms with E-state index in [0.29, 0.717) is 6.54 Å². The van der Waals surface area contributed by atoms with Gasteiger partial charge in [-0.25, -0.2) is 0 Å². The average Bonchev–Trinajstić information content (AvgIpc) is 2.76. The van der Waals surface area contributed by atoms with Gasteiger partial charge in [-0.2, -0.15) is 0 Å².